The van der Waals surface area contributed by atoms with E-state index >= 15 is 0 Å². The first-order valence-corrected chi connectivity index (χ1v) is 8.51. The summed E-state index contributed by atoms with van der Waals surface area (Å²) in [6.45, 7) is 5.66. The van der Waals surface area contributed by atoms with Crippen LogP contribution in [0.15, 0.2) is 24.3 Å². The summed E-state index contributed by atoms with van der Waals surface area (Å²) >= 11 is 0. The van der Waals surface area contributed by atoms with Crippen molar-refractivity contribution in [1.82, 2.24) is 5.32 Å². The minimum Gasteiger partial charge on any atom is -0.330 e. The predicted molar refractivity (Wildman–Crippen MR) is 91.5 cm³/mol. The van der Waals surface area contributed by atoms with Crippen molar-refractivity contribution < 1.29 is 0 Å². The largest absolute Gasteiger partial charge is 0.330 e. The fourth-order valence-corrected chi connectivity index (χ4v) is 3.42. The molecule has 0 saturated heterocycles. The maximum Gasteiger partial charge on any atom is 0.0766 e. The van der Waals surface area contributed by atoms with Crippen LogP contribution >= 0.6 is 0 Å². The number of hydrogen-bond acceptors (Lipinski definition) is 3. The van der Waals surface area contributed by atoms with Crippen molar-refractivity contribution in [3.8, 4) is 6.07 Å². The molecule has 0 atom stereocenters. The van der Waals surface area contributed by atoms with Crippen molar-refractivity contribution in [3.05, 3.63) is 35.4 Å². The van der Waals surface area contributed by atoms with Gasteiger partial charge in [-0.1, -0.05) is 43.5 Å². The van der Waals surface area contributed by atoms with Gasteiger partial charge in [-0.2, -0.15) is 5.26 Å². The molecule has 0 aliphatic heterocycles. The minimum absolute atomic E-state index is 0.0645. The third-order valence-corrected chi connectivity index (χ3v) is 4.97. The van der Waals surface area contributed by atoms with Crippen LogP contribution in [0.25, 0.3) is 0 Å². The van der Waals surface area contributed by atoms with Crippen LogP contribution in [-0.4, -0.2) is 13.1 Å². The molecule has 0 spiro atoms. The molecule has 0 aromatic heterocycles. The van der Waals surface area contributed by atoms with Gasteiger partial charge in [0.1, 0.15) is 0 Å². The second-order valence-electron chi connectivity index (χ2n) is 7.03. The Kier molecular flexibility index (Phi) is 5.61. The highest BCUT2D eigenvalue weighted by Gasteiger charge is 2.34. The fourth-order valence-electron chi connectivity index (χ4n) is 3.42. The summed E-state index contributed by atoms with van der Waals surface area (Å²) in [4.78, 5) is 0. The van der Waals surface area contributed by atoms with Crippen LogP contribution in [0.5, 0.6) is 0 Å². The van der Waals surface area contributed by atoms with Crippen molar-refractivity contribution in [2.75, 3.05) is 13.1 Å². The Bertz CT molecular complexity index is 522. The first-order valence-electron chi connectivity index (χ1n) is 8.51. The number of rotatable bonds is 6. The van der Waals surface area contributed by atoms with Crippen LogP contribution in [0.2, 0.25) is 0 Å². The monoisotopic (exact) mass is 299 g/mol. The van der Waals surface area contributed by atoms with Crippen LogP contribution < -0.4 is 11.1 Å². The molecule has 0 unspecified atom stereocenters. The van der Waals surface area contributed by atoms with E-state index in [1.807, 2.05) is 13.8 Å². The van der Waals surface area contributed by atoms with E-state index in [1.54, 1.807) is 0 Å². The van der Waals surface area contributed by atoms with Gasteiger partial charge in [0.2, 0.25) is 0 Å². The fraction of sp³-hybridized carbons (Fsp3) is 0.632. The number of nitriles is 1. The number of hydrogen-bond donors (Lipinski definition) is 2. The smallest absolute Gasteiger partial charge is 0.0766 e. The number of nitrogens with one attached hydrogen (secondary N) is 1. The Labute approximate surface area is 134 Å². The summed E-state index contributed by atoms with van der Waals surface area (Å²) in [6, 6.07) is 11.1. The SMILES string of the molecule is CC(C)(C#N)c1cccc(C2(NCCCN)CCCCC2)c1. The molecular formula is C19H29N3. The summed E-state index contributed by atoms with van der Waals surface area (Å²) < 4.78 is 0. The van der Waals surface area contributed by atoms with Gasteiger partial charge in [-0.3, -0.25) is 0 Å². The summed E-state index contributed by atoms with van der Waals surface area (Å²) in [7, 11) is 0. The van der Waals surface area contributed by atoms with Crippen molar-refractivity contribution in [2.45, 2.75) is 63.3 Å². The normalized spacial score (nSPS) is 17.9. The van der Waals surface area contributed by atoms with Crippen LogP contribution in [0, 0.1) is 11.3 Å². The highest BCUT2D eigenvalue weighted by molar-refractivity contribution is 5.37. The molecule has 1 fully saturated rings. The second-order valence-corrected chi connectivity index (χ2v) is 7.03. The van der Waals surface area contributed by atoms with Crippen LogP contribution in [0.3, 0.4) is 0 Å². The minimum atomic E-state index is -0.441. The van der Waals surface area contributed by atoms with Gasteiger partial charge in [-0.25, -0.2) is 0 Å². The first kappa shape index (κ1) is 17.0. The number of benzene rings is 1. The standard InChI is InChI=1S/C19H29N3/c1-18(2,15-21)16-8-6-9-17(14-16)19(22-13-7-12-20)10-4-3-5-11-19/h6,8-9,14,22H,3-5,7,10-13,20H2,1-2H3. The third kappa shape index (κ3) is 3.69. The molecule has 3 heteroatoms. The van der Waals surface area contributed by atoms with Gasteiger partial charge in [-0.05, 0) is 57.3 Å². The zero-order chi connectivity index (χ0) is 16.1. The van der Waals surface area contributed by atoms with Crippen LogP contribution in [-0.2, 0) is 11.0 Å². The number of nitrogens with two attached hydrogens (primary N) is 1. The first-order chi connectivity index (χ1) is 10.5. The maximum atomic E-state index is 9.41. The van der Waals surface area contributed by atoms with Crippen molar-refractivity contribution in [3.63, 3.8) is 0 Å². The molecule has 2 rings (SSSR count). The lowest BCUT2D eigenvalue weighted by Gasteiger charge is -2.39. The van der Waals surface area contributed by atoms with E-state index in [2.05, 4.69) is 35.7 Å². The Morgan fingerprint density at radius 1 is 1.27 bits per heavy atom. The van der Waals surface area contributed by atoms with Gasteiger partial charge in [-0.15, -0.1) is 0 Å². The molecule has 0 amide bonds. The number of nitrogens with zero attached hydrogens (tertiary/aromatic N) is 1. The highest BCUT2D eigenvalue weighted by atomic mass is 15.0. The Morgan fingerprint density at radius 3 is 2.64 bits per heavy atom. The summed E-state index contributed by atoms with van der Waals surface area (Å²) in [6.07, 6.45) is 7.21. The van der Waals surface area contributed by atoms with Gasteiger partial charge < -0.3 is 11.1 Å². The predicted octanol–water partition coefficient (Wildman–Crippen LogP) is 3.59. The van der Waals surface area contributed by atoms with Gasteiger partial charge in [0.25, 0.3) is 0 Å². The maximum absolute atomic E-state index is 9.41. The van der Waals surface area contributed by atoms with Gasteiger partial charge in [0.05, 0.1) is 11.5 Å². The van der Waals surface area contributed by atoms with Gasteiger partial charge >= 0.3 is 0 Å². The molecule has 0 radical (unpaired) electrons. The molecule has 120 valence electrons. The topological polar surface area (TPSA) is 61.8 Å². The molecule has 1 saturated carbocycles. The molecule has 3 nitrogen and oxygen atoms in total. The lowest BCUT2D eigenvalue weighted by Crippen LogP contribution is -2.45. The summed E-state index contributed by atoms with van der Waals surface area (Å²) in [5.74, 6) is 0. The van der Waals surface area contributed by atoms with Crippen molar-refractivity contribution >= 4 is 0 Å². The van der Waals surface area contributed by atoms with E-state index in [-0.39, 0.29) is 5.54 Å². The molecule has 3 N–H and O–H groups in total. The zero-order valence-corrected chi connectivity index (χ0v) is 14.0. The molecule has 0 heterocycles. The molecule has 22 heavy (non-hydrogen) atoms. The van der Waals surface area contributed by atoms with Crippen LogP contribution in [0.1, 0.15) is 63.5 Å². The lowest BCUT2D eigenvalue weighted by atomic mass is 9.74. The lowest BCUT2D eigenvalue weighted by molar-refractivity contribution is 0.233. The third-order valence-electron chi connectivity index (χ3n) is 4.97. The molecule has 1 aliphatic carbocycles. The quantitative estimate of drug-likeness (QED) is 0.789. The van der Waals surface area contributed by atoms with E-state index in [4.69, 9.17) is 5.73 Å². The zero-order valence-electron chi connectivity index (χ0n) is 14.0. The summed E-state index contributed by atoms with van der Waals surface area (Å²) in [5.41, 5.74) is 7.72. The van der Waals surface area contributed by atoms with Gasteiger partial charge in [0, 0.05) is 5.54 Å². The highest BCUT2D eigenvalue weighted by Crippen LogP contribution is 2.38. The Morgan fingerprint density at radius 2 is 2.00 bits per heavy atom. The van der Waals surface area contributed by atoms with Crippen molar-refractivity contribution in [2.24, 2.45) is 5.73 Å². The average molecular weight is 299 g/mol. The van der Waals surface area contributed by atoms with E-state index in [1.165, 1.54) is 37.7 Å². The molecule has 1 aliphatic rings. The molecule has 1 aromatic rings. The van der Waals surface area contributed by atoms with E-state index in [9.17, 15) is 5.26 Å². The average Bonchev–Trinajstić information content (AvgIpc) is 2.56. The molecule has 1 aromatic carbocycles. The second kappa shape index (κ2) is 7.26. The Hall–Kier alpha value is -1.37. The summed E-state index contributed by atoms with van der Waals surface area (Å²) in [5, 5.41) is 13.2. The van der Waals surface area contributed by atoms with E-state index < -0.39 is 5.41 Å². The molecular weight excluding hydrogens is 270 g/mol. The van der Waals surface area contributed by atoms with Crippen LogP contribution in [0.4, 0.5) is 0 Å². The van der Waals surface area contributed by atoms with E-state index in [0.29, 0.717) is 0 Å². The Balaban J connectivity index is 2.31. The van der Waals surface area contributed by atoms with E-state index in [0.717, 1.165) is 25.1 Å². The molecule has 0 bridgehead atoms. The van der Waals surface area contributed by atoms with Gasteiger partial charge in [0.15, 0.2) is 0 Å². The van der Waals surface area contributed by atoms with Crippen molar-refractivity contribution in [1.29, 1.82) is 5.26 Å².